The Hall–Kier alpha value is -1.39. The molecule has 0 aromatic carbocycles. The van der Waals surface area contributed by atoms with Crippen LogP contribution in [0.25, 0.3) is 0 Å². The first-order chi connectivity index (χ1) is 5.16. The number of hydrogen-bond donors (Lipinski definition) is 0. The highest BCUT2D eigenvalue weighted by molar-refractivity contribution is 4.73. The quantitative estimate of drug-likeness (QED) is 0.520. The SMILES string of the molecule is CCn1ncc(=O)n(C)c1=O. The van der Waals surface area contributed by atoms with Crippen LogP contribution in [0, 0.1) is 0 Å². The van der Waals surface area contributed by atoms with Crippen molar-refractivity contribution in [1.29, 1.82) is 0 Å². The van der Waals surface area contributed by atoms with E-state index in [2.05, 4.69) is 5.10 Å². The van der Waals surface area contributed by atoms with Crippen LogP contribution in [0.2, 0.25) is 0 Å². The largest absolute Gasteiger partial charge is 0.347 e. The zero-order valence-electron chi connectivity index (χ0n) is 6.44. The van der Waals surface area contributed by atoms with Crippen LogP contribution >= 0.6 is 0 Å². The van der Waals surface area contributed by atoms with E-state index in [0.29, 0.717) is 6.54 Å². The second-order valence-electron chi connectivity index (χ2n) is 2.14. The molecule has 0 amide bonds. The third-order valence-corrected chi connectivity index (χ3v) is 1.45. The summed E-state index contributed by atoms with van der Waals surface area (Å²) in [4.78, 5) is 21.9. The van der Waals surface area contributed by atoms with E-state index >= 15 is 0 Å². The lowest BCUT2D eigenvalue weighted by molar-refractivity contribution is 0.545. The smallest absolute Gasteiger partial charge is 0.267 e. The van der Waals surface area contributed by atoms with Gasteiger partial charge < -0.3 is 0 Å². The van der Waals surface area contributed by atoms with Crippen LogP contribution in [0.4, 0.5) is 0 Å². The maximum absolute atomic E-state index is 11.1. The van der Waals surface area contributed by atoms with E-state index < -0.39 is 0 Å². The molecule has 0 N–H and O–H groups in total. The number of aryl methyl sites for hydroxylation is 1. The van der Waals surface area contributed by atoms with E-state index in [9.17, 15) is 9.59 Å². The highest BCUT2D eigenvalue weighted by Crippen LogP contribution is 1.67. The standard InChI is InChI=1S/C6H9N3O2/c1-3-9-6(11)8(2)5(10)4-7-9/h4H,3H2,1-2H3. The highest BCUT2D eigenvalue weighted by Gasteiger charge is 1.98. The van der Waals surface area contributed by atoms with Crippen LogP contribution < -0.4 is 11.2 Å². The third-order valence-electron chi connectivity index (χ3n) is 1.45. The van der Waals surface area contributed by atoms with Crippen LogP contribution in [-0.2, 0) is 13.6 Å². The summed E-state index contributed by atoms with van der Waals surface area (Å²) >= 11 is 0. The maximum atomic E-state index is 11.1. The van der Waals surface area contributed by atoms with Gasteiger partial charge in [-0.15, -0.1) is 0 Å². The second-order valence-corrected chi connectivity index (χ2v) is 2.14. The van der Waals surface area contributed by atoms with Gasteiger partial charge in [0, 0.05) is 13.6 Å². The van der Waals surface area contributed by atoms with Gasteiger partial charge in [-0.25, -0.2) is 9.48 Å². The Labute approximate surface area is 62.9 Å². The highest BCUT2D eigenvalue weighted by atomic mass is 16.2. The Kier molecular flexibility index (Phi) is 1.89. The van der Waals surface area contributed by atoms with E-state index in [0.717, 1.165) is 10.8 Å². The minimum absolute atomic E-state index is 0.375. The van der Waals surface area contributed by atoms with Gasteiger partial charge in [0.05, 0.1) is 0 Å². The molecule has 0 fully saturated rings. The minimum atomic E-state index is -0.375. The first-order valence-electron chi connectivity index (χ1n) is 3.30. The number of nitrogens with zero attached hydrogens (tertiary/aromatic N) is 3. The van der Waals surface area contributed by atoms with Gasteiger partial charge in [-0.1, -0.05) is 0 Å². The Balaban J connectivity index is 3.50. The summed E-state index contributed by atoms with van der Waals surface area (Å²) in [6, 6.07) is 0. The fourth-order valence-corrected chi connectivity index (χ4v) is 0.739. The monoisotopic (exact) mass is 155 g/mol. The van der Waals surface area contributed by atoms with Gasteiger partial charge in [0.25, 0.3) is 5.56 Å². The summed E-state index contributed by atoms with van der Waals surface area (Å²) in [5.74, 6) is 0. The lowest BCUT2D eigenvalue weighted by atomic mass is 10.7. The molecule has 0 spiro atoms. The molecule has 60 valence electrons. The van der Waals surface area contributed by atoms with E-state index in [1.807, 2.05) is 0 Å². The molecule has 1 aromatic heterocycles. The van der Waals surface area contributed by atoms with Gasteiger partial charge in [0.1, 0.15) is 6.20 Å². The second kappa shape index (κ2) is 2.69. The number of rotatable bonds is 1. The van der Waals surface area contributed by atoms with Gasteiger partial charge >= 0.3 is 5.69 Å². The van der Waals surface area contributed by atoms with E-state index in [4.69, 9.17) is 0 Å². The molecule has 0 bridgehead atoms. The topological polar surface area (TPSA) is 56.9 Å². The van der Waals surface area contributed by atoms with Crippen molar-refractivity contribution in [2.75, 3.05) is 0 Å². The summed E-state index contributed by atoms with van der Waals surface area (Å²) in [5, 5.41) is 3.63. The Morgan fingerprint density at radius 1 is 1.55 bits per heavy atom. The summed E-state index contributed by atoms with van der Waals surface area (Å²) in [6.45, 7) is 2.27. The molecule has 11 heavy (non-hydrogen) atoms. The van der Waals surface area contributed by atoms with Crippen LogP contribution in [0.3, 0.4) is 0 Å². The molecule has 1 heterocycles. The lowest BCUT2D eigenvalue weighted by Crippen LogP contribution is -2.38. The van der Waals surface area contributed by atoms with Gasteiger partial charge in [0.15, 0.2) is 0 Å². The van der Waals surface area contributed by atoms with Crippen molar-refractivity contribution in [3.63, 3.8) is 0 Å². The van der Waals surface area contributed by atoms with E-state index in [-0.39, 0.29) is 11.2 Å². The molecule has 0 unspecified atom stereocenters. The Morgan fingerprint density at radius 3 is 2.73 bits per heavy atom. The molecule has 5 nitrogen and oxygen atoms in total. The number of hydrogen-bond acceptors (Lipinski definition) is 3. The van der Waals surface area contributed by atoms with Crippen molar-refractivity contribution < 1.29 is 0 Å². The average molecular weight is 155 g/mol. The predicted molar refractivity (Wildman–Crippen MR) is 39.4 cm³/mol. The van der Waals surface area contributed by atoms with Gasteiger partial charge in [-0.2, -0.15) is 5.10 Å². The third kappa shape index (κ3) is 1.21. The average Bonchev–Trinajstić information content (AvgIpc) is 2.01. The van der Waals surface area contributed by atoms with E-state index in [1.165, 1.54) is 11.7 Å². The fourth-order valence-electron chi connectivity index (χ4n) is 0.739. The lowest BCUT2D eigenvalue weighted by Gasteiger charge is -1.99. The van der Waals surface area contributed by atoms with Crippen LogP contribution in [-0.4, -0.2) is 14.3 Å². The summed E-state index contributed by atoms with van der Waals surface area (Å²) in [7, 11) is 1.43. The Morgan fingerprint density at radius 2 is 2.18 bits per heavy atom. The van der Waals surface area contributed by atoms with Gasteiger partial charge in [-0.05, 0) is 6.92 Å². The molecule has 1 rings (SSSR count). The van der Waals surface area contributed by atoms with Crippen LogP contribution in [0.15, 0.2) is 15.8 Å². The molecule has 0 aliphatic heterocycles. The molecule has 0 saturated heterocycles. The Bertz CT molecular complexity index is 363. The van der Waals surface area contributed by atoms with Crippen molar-refractivity contribution in [3.8, 4) is 0 Å². The molecule has 1 aromatic rings. The fraction of sp³-hybridized carbons (Fsp3) is 0.500. The maximum Gasteiger partial charge on any atom is 0.347 e. The first-order valence-corrected chi connectivity index (χ1v) is 3.30. The molecule has 0 saturated carbocycles. The van der Waals surface area contributed by atoms with Gasteiger partial charge in [-0.3, -0.25) is 9.36 Å². The van der Waals surface area contributed by atoms with Crippen LogP contribution in [0.5, 0.6) is 0 Å². The zero-order valence-corrected chi connectivity index (χ0v) is 6.44. The molecule has 0 radical (unpaired) electrons. The molecule has 0 aliphatic rings. The predicted octanol–water partition coefficient (Wildman–Crippen LogP) is -1.04. The van der Waals surface area contributed by atoms with Gasteiger partial charge in [0.2, 0.25) is 0 Å². The summed E-state index contributed by atoms with van der Waals surface area (Å²) < 4.78 is 2.25. The van der Waals surface area contributed by atoms with E-state index in [1.54, 1.807) is 6.92 Å². The first kappa shape index (κ1) is 7.71. The molecule has 0 atom stereocenters. The summed E-state index contributed by atoms with van der Waals surface area (Å²) in [5.41, 5.74) is -0.750. The molecular weight excluding hydrogens is 146 g/mol. The number of aromatic nitrogens is 3. The molecule has 5 heteroatoms. The minimum Gasteiger partial charge on any atom is -0.267 e. The normalized spacial score (nSPS) is 10.0. The van der Waals surface area contributed by atoms with Crippen molar-refractivity contribution in [2.24, 2.45) is 7.05 Å². The van der Waals surface area contributed by atoms with Crippen LogP contribution in [0.1, 0.15) is 6.92 Å². The van der Waals surface area contributed by atoms with Crippen molar-refractivity contribution in [1.82, 2.24) is 14.3 Å². The molecular formula is C6H9N3O2. The zero-order chi connectivity index (χ0) is 8.43. The molecule has 0 aliphatic carbocycles. The van der Waals surface area contributed by atoms with Crippen molar-refractivity contribution >= 4 is 0 Å². The van der Waals surface area contributed by atoms with Crippen molar-refractivity contribution in [3.05, 3.63) is 27.0 Å². The van der Waals surface area contributed by atoms with Crippen molar-refractivity contribution in [2.45, 2.75) is 13.5 Å². The summed E-state index contributed by atoms with van der Waals surface area (Å²) in [6.07, 6.45) is 1.13.